The lowest BCUT2D eigenvalue weighted by molar-refractivity contribution is -0.131. The van der Waals surface area contributed by atoms with Crippen molar-refractivity contribution < 1.29 is 97.3 Å². The van der Waals surface area contributed by atoms with E-state index in [4.69, 9.17) is 120 Å². The van der Waals surface area contributed by atoms with Crippen molar-refractivity contribution in [1.82, 2.24) is 30.0 Å². The fourth-order valence-corrected chi connectivity index (χ4v) is 14.9. The van der Waals surface area contributed by atoms with Gasteiger partial charge in [-0.3, -0.25) is 24.0 Å². The Labute approximate surface area is 827 Å². The predicted molar refractivity (Wildman–Crippen MR) is 525 cm³/mol. The van der Waals surface area contributed by atoms with Crippen LogP contribution in [-0.2, 0) is 18.9 Å². The third kappa shape index (κ3) is 32.8. The van der Waals surface area contributed by atoms with Crippen LogP contribution in [0.2, 0.25) is 20.1 Å². The number of aryl methyl sites for hydroxylation is 1. The van der Waals surface area contributed by atoms with Gasteiger partial charge in [-0.2, -0.15) is 0 Å². The molecule has 2 aromatic heterocycles. The molecule has 4 amide bonds. The number of ether oxygens (including phenoxy) is 4. The average molecular weight is 2080 g/mol. The number of ketones is 1. The fourth-order valence-electron chi connectivity index (χ4n) is 13.4. The van der Waals surface area contributed by atoms with Gasteiger partial charge < -0.3 is 70.6 Å². The van der Waals surface area contributed by atoms with E-state index >= 15 is 0 Å². The lowest BCUT2D eigenvalue weighted by Gasteiger charge is -2.38. The zero-order valence-electron chi connectivity index (χ0n) is 75.5. The van der Waals surface area contributed by atoms with Crippen LogP contribution >= 0.6 is 85.5 Å². The first kappa shape index (κ1) is 110. The SMILES string of the molecule is CCCOc1ccc(-c2ccc(C(=O)N3CC(F)(F)C3)cc2)cc1Cl.CCCOc1ccc(Br)cc1Cl.Cc1cc(B2OC(C)(C)C(C)(C)O2)ccc1C(=O)C1CC(F)(F)C1.ClCCl.NCCOc1ccc(-c2ccc(C(=O)N3CC(F)(F)C3)cc2)cc1Cl.Nc1ccc(/C=C/C(=O)NCCOc2ccc(-c3ccc(C(=O)N4CC(F)(F)C4)cc3)cc2Cl)cn1.Nc1ccc(/C=C/C(=O)O)cn1. The minimum Gasteiger partial charge on any atom is -0.492 e. The van der Waals surface area contributed by atoms with E-state index < -0.39 is 99.1 Å². The minimum absolute atomic E-state index is 0.194. The highest BCUT2D eigenvalue weighted by molar-refractivity contribution is 9.10. The van der Waals surface area contributed by atoms with Crippen molar-refractivity contribution in [3.8, 4) is 56.4 Å². The molecule has 10 aromatic rings. The first-order chi connectivity index (χ1) is 64.7. The van der Waals surface area contributed by atoms with E-state index in [-0.39, 0.29) is 54.8 Å². The average Bonchev–Trinajstić information content (AvgIpc) is 1.65. The lowest BCUT2D eigenvalue weighted by Crippen LogP contribution is -2.58. The Balaban J connectivity index is 0.000000189. The summed E-state index contributed by atoms with van der Waals surface area (Å²) in [6.45, 7) is 13.2. The van der Waals surface area contributed by atoms with Crippen molar-refractivity contribution in [2.75, 3.05) is 95.6 Å². The second-order valence-corrected chi connectivity index (χ2v) is 36.2. The number of nitrogens with one attached hydrogen (secondary N) is 1. The maximum atomic E-state index is 13.0. The molecule has 0 radical (unpaired) electrons. The van der Waals surface area contributed by atoms with E-state index in [1.807, 2.05) is 90.1 Å². The number of aliphatic carboxylic acids is 1. The zero-order valence-corrected chi connectivity index (χ0v) is 81.6. The summed E-state index contributed by atoms with van der Waals surface area (Å²) >= 11 is 37.5. The van der Waals surface area contributed by atoms with Crippen LogP contribution in [0.3, 0.4) is 0 Å². The van der Waals surface area contributed by atoms with Crippen LogP contribution in [0.25, 0.3) is 45.5 Å². The molecule has 137 heavy (non-hydrogen) atoms. The third-order valence-electron chi connectivity index (χ3n) is 21.4. The van der Waals surface area contributed by atoms with Gasteiger partial charge in [0.25, 0.3) is 35.5 Å². The molecule has 5 aliphatic rings. The summed E-state index contributed by atoms with van der Waals surface area (Å²) in [5.74, 6) is -11.0. The molecule has 38 heteroatoms. The number of nitrogens with two attached hydrogens (primary N) is 3. The van der Waals surface area contributed by atoms with Crippen LogP contribution in [0.15, 0.2) is 217 Å². The molecule has 1 saturated carbocycles. The summed E-state index contributed by atoms with van der Waals surface area (Å²) in [6.07, 6.45) is 9.81. The van der Waals surface area contributed by atoms with Crippen LogP contribution in [0, 0.1) is 12.8 Å². The predicted octanol–water partition coefficient (Wildman–Crippen LogP) is 22.2. The molecule has 0 spiro atoms. The Bertz CT molecular complexity index is 5690. The molecular weight excluding hydrogens is 1980 g/mol. The van der Waals surface area contributed by atoms with Gasteiger partial charge in [0.15, 0.2) is 5.78 Å². The number of nitrogens with zero attached hydrogens (tertiary/aromatic N) is 5. The minimum atomic E-state index is -2.80. The van der Waals surface area contributed by atoms with Gasteiger partial charge in [0.05, 0.1) is 95.7 Å². The van der Waals surface area contributed by atoms with Crippen LogP contribution in [0.5, 0.6) is 23.0 Å². The molecule has 4 saturated heterocycles. The molecule has 15 rings (SSSR count). The van der Waals surface area contributed by atoms with Gasteiger partial charge in [-0.25, -0.2) is 49.9 Å². The van der Waals surface area contributed by atoms with Crippen molar-refractivity contribution in [1.29, 1.82) is 0 Å². The summed E-state index contributed by atoms with van der Waals surface area (Å²) in [4.78, 5) is 82.0. The molecule has 8 aromatic carbocycles. The number of pyridine rings is 2. The molecule has 1 aliphatic carbocycles. The number of hydrogen-bond donors (Lipinski definition) is 5. The molecule has 8 N–H and O–H groups in total. The molecular formula is C99H101BBrCl6F8N9O13. The topological polar surface area (TPSA) is 304 Å². The van der Waals surface area contributed by atoms with Gasteiger partial charge in [-0.05, 0) is 230 Å². The Morgan fingerprint density at radius 3 is 1.16 bits per heavy atom. The second-order valence-electron chi connectivity index (χ2n) is 32.9. The van der Waals surface area contributed by atoms with Gasteiger partial charge in [0.2, 0.25) is 11.8 Å². The number of amides is 4. The van der Waals surface area contributed by atoms with E-state index in [2.05, 4.69) is 38.1 Å². The Morgan fingerprint density at radius 1 is 0.489 bits per heavy atom. The number of anilines is 2. The lowest BCUT2D eigenvalue weighted by atomic mass is 9.74. The number of aromatic nitrogens is 2. The summed E-state index contributed by atoms with van der Waals surface area (Å²) in [5.41, 5.74) is 25.2. The standard InChI is InChI=1S/C26H23ClF2N4O3.C19H18ClF2NO2.C18H23BF2O3.C18H17ClF2N2O2.C9H10BrClO.C8H8N2O2.CH2Cl2/c27-21-13-20(18-3-5-19(6-4-18)25(35)33-15-26(28,29)16-33)7-8-22(21)36-12-11-31-24(34)10-2-17-1-9-23(30)32-14-17;1-2-9-25-17-8-7-15(10-16(17)20)13-3-5-14(6-4-13)18(24)23-11-19(21,22)12-23;1-11-8-13(19-23-16(2,3)17(4,5)24-19)6-7-14(11)15(22)12-9-18(20,21)10-12;19-15-9-14(5-6-16(15)25-8-7-22)12-1-3-13(4-2-12)17(24)23-10-18(20,21)11-23;1-2-5-12-9-4-3-7(10)6-8(9)11;9-7-3-1-6(5-10-7)2-4-8(11)12;2-1-3/h1-10,13-14H,11-12,15-16H2,(H2,30,32)(H,31,34);3-8,10H,2,9,11-12H2,1H3;6-8,12H,9-10H2,1-5H3;1-6,9H,7-8,10-11,22H2;3-4,6H,2,5H2,1H3;1-5H,(H2,9,10)(H,11,12);1H2/b10-2+;;;;;4-2+;. The molecule has 728 valence electrons. The number of nitrogen functional groups attached to an aromatic ring is 2. The van der Waals surface area contributed by atoms with Crippen LogP contribution in [0.4, 0.5) is 46.8 Å². The number of benzene rings is 8. The number of hydrogen-bond acceptors (Lipinski definition) is 17. The maximum Gasteiger partial charge on any atom is 0.494 e. The quantitative estimate of drug-likeness (QED) is 0.00840. The van der Waals surface area contributed by atoms with E-state index in [9.17, 15) is 63.9 Å². The summed E-state index contributed by atoms with van der Waals surface area (Å²) in [6, 6.07) is 54.1. The van der Waals surface area contributed by atoms with Crippen molar-refractivity contribution in [2.24, 2.45) is 11.7 Å². The van der Waals surface area contributed by atoms with Crippen LogP contribution in [0.1, 0.15) is 125 Å². The zero-order chi connectivity index (χ0) is 100. The molecule has 5 fully saturated rings. The highest BCUT2D eigenvalue weighted by Crippen LogP contribution is 2.45. The van der Waals surface area contributed by atoms with Crippen molar-refractivity contribution in [3.05, 3.63) is 276 Å². The van der Waals surface area contributed by atoms with Crippen molar-refractivity contribution in [3.63, 3.8) is 0 Å². The van der Waals surface area contributed by atoms with Gasteiger partial charge in [-0.1, -0.05) is 149 Å². The van der Waals surface area contributed by atoms with E-state index in [0.29, 0.717) is 103 Å². The first-order valence-electron chi connectivity index (χ1n) is 42.9. The Morgan fingerprint density at radius 2 is 0.839 bits per heavy atom. The number of carboxylic acids is 1. The summed E-state index contributed by atoms with van der Waals surface area (Å²) < 4.78 is 139. The first-order valence-corrected chi connectivity index (χ1v) is 46.3. The fraction of sp³-hybridized carbons (Fsp3) is 0.313. The van der Waals surface area contributed by atoms with Crippen LogP contribution < -0.4 is 46.9 Å². The number of Topliss-reactive ketones (excluding diaryl/α,β-unsaturated/α-hetero) is 1. The molecule has 0 unspecified atom stereocenters. The van der Waals surface area contributed by atoms with E-state index in [0.717, 1.165) is 93.8 Å². The number of likely N-dealkylation sites (tertiary alicyclic amines) is 3. The molecule has 6 heterocycles. The number of halogens is 15. The van der Waals surface area contributed by atoms with Gasteiger partial charge >= 0.3 is 13.1 Å². The van der Waals surface area contributed by atoms with Crippen LogP contribution in [-0.4, -0.2) is 191 Å². The maximum absolute atomic E-state index is 13.0. The third-order valence-corrected chi connectivity index (χ3v) is 23.1. The number of carboxylic acid groups (broad SMARTS) is 1. The van der Waals surface area contributed by atoms with Gasteiger partial charge in [-0.15, -0.1) is 23.2 Å². The second kappa shape index (κ2) is 50.0. The Hall–Kier alpha value is -11.0. The normalized spacial score (nSPS) is 15.7. The Kier molecular flexibility index (Phi) is 40.0. The summed E-state index contributed by atoms with van der Waals surface area (Å²) in [5, 5.41) is 13.2. The largest absolute Gasteiger partial charge is 0.494 e. The number of carbonyl (C=O) groups is 6. The van der Waals surface area contributed by atoms with E-state index in [1.165, 1.54) is 18.3 Å². The molecule has 0 bridgehead atoms. The highest BCUT2D eigenvalue weighted by Gasteiger charge is 2.53. The number of rotatable bonds is 26. The monoisotopic (exact) mass is 2080 g/mol. The molecule has 22 nitrogen and oxygen atoms in total. The number of carbonyl (C=O) groups excluding carboxylic acids is 5. The smallest absolute Gasteiger partial charge is 0.492 e. The molecule has 4 aliphatic heterocycles. The van der Waals surface area contributed by atoms with Gasteiger partial charge in [0.1, 0.15) is 47.8 Å². The highest BCUT2D eigenvalue weighted by atomic mass is 79.9. The van der Waals surface area contributed by atoms with Crippen molar-refractivity contribution in [2.45, 2.75) is 109 Å². The molecule has 0 atom stereocenters. The summed E-state index contributed by atoms with van der Waals surface area (Å²) in [7, 11) is -0.495. The number of alkyl halides is 10. The van der Waals surface area contributed by atoms with E-state index in [1.54, 1.807) is 152 Å². The van der Waals surface area contributed by atoms with Gasteiger partial charge in [0, 0.05) is 76.6 Å². The van der Waals surface area contributed by atoms with Crippen molar-refractivity contribution >= 4 is 157 Å².